The number of fused-ring (bicyclic) bond motifs is 1. The molecule has 2 heterocycles. The molecule has 1 saturated carbocycles. The number of carbonyl (C=O) groups excluding carboxylic acids is 2. The number of likely N-dealkylation sites (tertiary alicyclic amines) is 1. The molecule has 0 spiro atoms. The van der Waals surface area contributed by atoms with E-state index in [1.165, 1.54) is 0 Å². The van der Waals surface area contributed by atoms with Gasteiger partial charge in [-0.25, -0.2) is 0 Å². The number of amides is 2. The molecule has 1 N–H and O–H groups in total. The number of rotatable bonds is 4. The van der Waals surface area contributed by atoms with Crippen LogP contribution in [-0.4, -0.2) is 56.2 Å². The summed E-state index contributed by atoms with van der Waals surface area (Å²) in [5.74, 6) is 0.0764. The average Bonchev–Trinajstić information content (AvgIpc) is 2.64. The van der Waals surface area contributed by atoms with Crippen LogP contribution in [0.15, 0.2) is 30.3 Å². The van der Waals surface area contributed by atoms with Crippen LogP contribution in [0.3, 0.4) is 0 Å². The lowest BCUT2D eigenvalue weighted by Gasteiger charge is -2.52. The van der Waals surface area contributed by atoms with Crippen LogP contribution in [0.5, 0.6) is 0 Å². The molecule has 0 aromatic heterocycles. The molecular formula is C20H26N2O4. The molecule has 4 rings (SSSR count). The summed E-state index contributed by atoms with van der Waals surface area (Å²) < 4.78 is 11.3. The van der Waals surface area contributed by atoms with Gasteiger partial charge in [-0.1, -0.05) is 36.8 Å². The van der Waals surface area contributed by atoms with Crippen molar-refractivity contribution in [1.82, 2.24) is 10.2 Å². The number of morpholine rings is 1. The molecule has 0 unspecified atom stereocenters. The van der Waals surface area contributed by atoms with E-state index in [9.17, 15) is 9.59 Å². The second-order valence-corrected chi connectivity index (χ2v) is 7.75. The predicted molar refractivity (Wildman–Crippen MR) is 95.4 cm³/mol. The Kier molecular flexibility index (Phi) is 4.49. The molecule has 6 heteroatoms. The molecule has 6 nitrogen and oxygen atoms in total. The topological polar surface area (TPSA) is 67.9 Å². The van der Waals surface area contributed by atoms with Gasteiger partial charge >= 0.3 is 0 Å². The summed E-state index contributed by atoms with van der Waals surface area (Å²) in [6.45, 7) is 1.64. The summed E-state index contributed by atoms with van der Waals surface area (Å²) in [6.07, 6.45) is 3.28. The van der Waals surface area contributed by atoms with Gasteiger partial charge in [-0.05, 0) is 24.8 Å². The molecule has 2 aliphatic heterocycles. The molecule has 3 aliphatic rings. The number of nitrogens with one attached hydrogen (secondary N) is 1. The van der Waals surface area contributed by atoms with Crippen molar-refractivity contribution < 1.29 is 19.1 Å². The number of ether oxygens (including phenoxy) is 2. The van der Waals surface area contributed by atoms with E-state index >= 15 is 0 Å². The van der Waals surface area contributed by atoms with E-state index in [1.54, 1.807) is 7.11 Å². The highest BCUT2D eigenvalue weighted by atomic mass is 16.5. The Morgan fingerprint density at radius 2 is 2.08 bits per heavy atom. The van der Waals surface area contributed by atoms with E-state index in [0.717, 1.165) is 24.8 Å². The molecule has 2 atom stereocenters. The largest absolute Gasteiger partial charge is 0.384 e. The van der Waals surface area contributed by atoms with Crippen molar-refractivity contribution in [2.45, 2.75) is 37.3 Å². The van der Waals surface area contributed by atoms with Crippen molar-refractivity contribution in [3.63, 3.8) is 0 Å². The first-order valence-corrected chi connectivity index (χ1v) is 9.36. The number of hydrogen-bond donors (Lipinski definition) is 1. The molecule has 0 radical (unpaired) electrons. The van der Waals surface area contributed by atoms with Crippen LogP contribution < -0.4 is 5.32 Å². The highest BCUT2D eigenvalue weighted by molar-refractivity contribution is 5.84. The minimum absolute atomic E-state index is 0.0461. The van der Waals surface area contributed by atoms with E-state index < -0.39 is 5.54 Å². The number of piperidine rings is 1. The van der Waals surface area contributed by atoms with Gasteiger partial charge in [0.25, 0.3) is 0 Å². The SMILES string of the molecule is COCC1(C(=O)N2CC[C@@]3(c4ccccc4)NC(=O)CO[C@@H]3C2)CCC1. The fraction of sp³-hybridized carbons (Fsp3) is 0.600. The number of benzene rings is 1. The van der Waals surface area contributed by atoms with Crippen molar-refractivity contribution in [3.8, 4) is 0 Å². The standard InChI is InChI=1S/C20H26N2O4/c1-25-14-19(8-5-9-19)18(24)22-11-10-20(15-6-3-2-4-7-15)16(12-22)26-13-17(23)21-20/h2-4,6-7,16H,5,8-14H2,1H3,(H,21,23)/t16-,20+/m1/s1. The molecule has 1 aromatic rings. The zero-order valence-electron chi connectivity index (χ0n) is 15.2. The highest BCUT2D eigenvalue weighted by Gasteiger charge is 2.53. The molecular weight excluding hydrogens is 332 g/mol. The molecule has 0 bridgehead atoms. The Morgan fingerprint density at radius 1 is 1.31 bits per heavy atom. The molecule has 2 saturated heterocycles. The van der Waals surface area contributed by atoms with Crippen molar-refractivity contribution >= 4 is 11.8 Å². The Morgan fingerprint density at radius 3 is 2.73 bits per heavy atom. The summed E-state index contributed by atoms with van der Waals surface area (Å²) in [6, 6.07) is 9.96. The van der Waals surface area contributed by atoms with Crippen molar-refractivity contribution in [2.75, 3.05) is 33.4 Å². The fourth-order valence-electron chi connectivity index (χ4n) is 4.68. The molecule has 3 fully saturated rings. The minimum Gasteiger partial charge on any atom is -0.384 e. The Balaban J connectivity index is 1.58. The number of hydrogen-bond acceptors (Lipinski definition) is 4. The number of methoxy groups -OCH3 is 1. The third-order valence-electron chi connectivity index (χ3n) is 6.25. The van der Waals surface area contributed by atoms with Gasteiger partial charge in [0.1, 0.15) is 12.7 Å². The monoisotopic (exact) mass is 358 g/mol. The van der Waals surface area contributed by atoms with Gasteiger partial charge in [-0.3, -0.25) is 9.59 Å². The maximum absolute atomic E-state index is 13.2. The first-order valence-electron chi connectivity index (χ1n) is 9.36. The molecule has 2 amide bonds. The Bertz CT molecular complexity index is 688. The molecule has 140 valence electrons. The van der Waals surface area contributed by atoms with Gasteiger partial charge in [0.15, 0.2) is 0 Å². The van der Waals surface area contributed by atoms with E-state index in [4.69, 9.17) is 9.47 Å². The zero-order valence-corrected chi connectivity index (χ0v) is 15.2. The van der Waals surface area contributed by atoms with Gasteiger partial charge in [0.2, 0.25) is 11.8 Å². The third kappa shape index (κ3) is 2.72. The summed E-state index contributed by atoms with van der Waals surface area (Å²) >= 11 is 0. The molecule has 1 aliphatic carbocycles. The van der Waals surface area contributed by atoms with Gasteiger partial charge < -0.3 is 19.7 Å². The quantitative estimate of drug-likeness (QED) is 0.885. The van der Waals surface area contributed by atoms with Crippen LogP contribution in [0, 0.1) is 5.41 Å². The average molecular weight is 358 g/mol. The lowest BCUT2D eigenvalue weighted by atomic mass is 9.67. The van der Waals surface area contributed by atoms with Crippen LogP contribution in [-0.2, 0) is 24.6 Å². The van der Waals surface area contributed by atoms with E-state index in [0.29, 0.717) is 26.1 Å². The van der Waals surface area contributed by atoms with Crippen LogP contribution in [0.4, 0.5) is 0 Å². The van der Waals surface area contributed by atoms with Gasteiger partial charge in [0, 0.05) is 20.2 Å². The van der Waals surface area contributed by atoms with Gasteiger partial charge in [0.05, 0.1) is 17.6 Å². The lowest BCUT2D eigenvalue weighted by molar-refractivity contribution is -0.167. The maximum Gasteiger partial charge on any atom is 0.246 e. The van der Waals surface area contributed by atoms with E-state index in [2.05, 4.69) is 5.32 Å². The van der Waals surface area contributed by atoms with Gasteiger partial charge in [-0.15, -0.1) is 0 Å². The number of nitrogens with zero attached hydrogens (tertiary/aromatic N) is 1. The zero-order chi connectivity index (χ0) is 18.2. The van der Waals surface area contributed by atoms with Gasteiger partial charge in [-0.2, -0.15) is 0 Å². The fourth-order valence-corrected chi connectivity index (χ4v) is 4.68. The minimum atomic E-state index is -0.554. The third-order valence-corrected chi connectivity index (χ3v) is 6.25. The van der Waals surface area contributed by atoms with Crippen LogP contribution in [0.25, 0.3) is 0 Å². The van der Waals surface area contributed by atoms with Crippen molar-refractivity contribution in [1.29, 1.82) is 0 Å². The molecule has 1 aromatic carbocycles. The van der Waals surface area contributed by atoms with Crippen LogP contribution in [0.1, 0.15) is 31.2 Å². The second-order valence-electron chi connectivity index (χ2n) is 7.75. The maximum atomic E-state index is 13.2. The normalized spacial score (nSPS) is 30.1. The summed E-state index contributed by atoms with van der Waals surface area (Å²) in [7, 11) is 1.66. The first kappa shape index (κ1) is 17.5. The van der Waals surface area contributed by atoms with E-state index in [1.807, 2.05) is 35.2 Å². The first-order chi connectivity index (χ1) is 12.6. The van der Waals surface area contributed by atoms with Crippen LogP contribution in [0.2, 0.25) is 0 Å². The van der Waals surface area contributed by atoms with Crippen molar-refractivity contribution in [3.05, 3.63) is 35.9 Å². The Labute approximate surface area is 153 Å². The lowest BCUT2D eigenvalue weighted by Crippen LogP contribution is -2.68. The summed E-state index contributed by atoms with van der Waals surface area (Å²) in [5, 5.41) is 3.17. The smallest absolute Gasteiger partial charge is 0.246 e. The van der Waals surface area contributed by atoms with Crippen molar-refractivity contribution in [2.24, 2.45) is 5.41 Å². The highest BCUT2D eigenvalue weighted by Crippen LogP contribution is 2.45. The number of carbonyl (C=O) groups is 2. The van der Waals surface area contributed by atoms with Crippen LogP contribution >= 0.6 is 0 Å². The predicted octanol–water partition coefficient (Wildman–Crippen LogP) is 1.45. The summed E-state index contributed by atoms with van der Waals surface area (Å²) in [4.78, 5) is 27.2. The van der Waals surface area contributed by atoms with E-state index in [-0.39, 0.29) is 29.9 Å². The Hall–Kier alpha value is -1.92. The second kappa shape index (κ2) is 6.67. The summed E-state index contributed by atoms with van der Waals surface area (Å²) in [5.41, 5.74) is 0.126. The molecule has 26 heavy (non-hydrogen) atoms.